The minimum atomic E-state index is -0.524. The highest BCUT2D eigenvalue weighted by Gasteiger charge is 2.13. The van der Waals surface area contributed by atoms with Crippen LogP contribution in [0.25, 0.3) is 0 Å². The molecule has 5 heteroatoms. The Morgan fingerprint density at radius 3 is 2.78 bits per heavy atom. The summed E-state index contributed by atoms with van der Waals surface area (Å²) in [5, 5.41) is 0. The van der Waals surface area contributed by atoms with Crippen molar-refractivity contribution in [1.82, 2.24) is 4.90 Å². The van der Waals surface area contributed by atoms with Gasteiger partial charge in [0.2, 0.25) is 0 Å². The van der Waals surface area contributed by atoms with Crippen molar-refractivity contribution in [2.75, 3.05) is 32.0 Å². The van der Waals surface area contributed by atoms with E-state index < -0.39 is 11.8 Å². The molecule has 1 fully saturated rings. The fourth-order valence-corrected chi connectivity index (χ4v) is 2.03. The van der Waals surface area contributed by atoms with E-state index in [9.17, 15) is 9.18 Å². The molecule has 98 valence electrons. The van der Waals surface area contributed by atoms with Crippen molar-refractivity contribution in [3.05, 3.63) is 29.6 Å². The first-order chi connectivity index (χ1) is 8.66. The molecule has 0 aromatic heterocycles. The van der Waals surface area contributed by atoms with Gasteiger partial charge in [0.25, 0.3) is 0 Å². The van der Waals surface area contributed by atoms with Gasteiger partial charge in [0.1, 0.15) is 12.4 Å². The number of nitrogens with two attached hydrogens (primary N) is 1. The monoisotopic (exact) mass is 252 g/mol. The number of carbonyl (C=O) groups excluding carboxylic acids is 1. The molecule has 1 aliphatic heterocycles. The zero-order valence-electron chi connectivity index (χ0n) is 10.2. The summed E-state index contributed by atoms with van der Waals surface area (Å²) in [4.78, 5) is 13.9. The topological polar surface area (TPSA) is 55.6 Å². The van der Waals surface area contributed by atoms with Crippen molar-refractivity contribution in [2.24, 2.45) is 0 Å². The smallest absolute Gasteiger partial charge is 0.338 e. The Kier molecular flexibility index (Phi) is 4.15. The van der Waals surface area contributed by atoms with Crippen molar-refractivity contribution >= 4 is 11.7 Å². The summed E-state index contributed by atoms with van der Waals surface area (Å²) in [7, 11) is 0. The van der Waals surface area contributed by atoms with Gasteiger partial charge in [0.15, 0.2) is 0 Å². The van der Waals surface area contributed by atoms with Crippen LogP contribution in [-0.4, -0.2) is 37.1 Å². The zero-order chi connectivity index (χ0) is 13.0. The van der Waals surface area contributed by atoms with Crippen LogP contribution < -0.4 is 5.73 Å². The fourth-order valence-electron chi connectivity index (χ4n) is 2.03. The van der Waals surface area contributed by atoms with Crippen LogP contribution in [-0.2, 0) is 4.74 Å². The number of carbonyl (C=O) groups is 1. The highest BCUT2D eigenvalue weighted by atomic mass is 19.1. The van der Waals surface area contributed by atoms with E-state index in [0.29, 0.717) is 6.61 Å². The minimum absolute atomic E-state index is 0.0380. The van der Waals surface area contributed by atoms with Gasteiger partial charge in [-0.2, -0.15) is 0 Å². The lowest BCUT2D eigenvalue weighted by atomic mass is 10.2. The fraction of sp³-hybridized carbons (Fsp3) is 0.462. The third-order valence-electron chi connectivity index (χ3n) is 3.07. The van der Waals surface area contributed by atoms with E-state index in [1.165, 1.54) is 31.0 Å². The van der Waals surface area contributed by atoms with E-state index >= 15 is 0 Å². The maximum absolute atomic E-state index is 12.9. The molecule has 1 saturated heterocycles. The second kappa shape index (κ2) is 5.82. The number of esters is 1. The molecule has 1 aromatic carbocycles. The first-order valence-corrected chi connectivity index (χ1v) is 6.11. The zero-order valence-corrected chi connectivity index (χ0v) is 10.2. The number of ether oxygens (including phenoxy) is 1. The van der Waals surface area contributed by atoms with E-state index in [2.05, 4.69) is 4.90 Å². The summed E-state index contributed by atoms with van der Waals surface area (Å²) in [6.45, 7) is 3.25. The van der Waals surface area contributed by atoms with Gasteiger partial charge in [-0.15, -0.1) is 0 Å². The molecule has 0 amide bonds. The molecular formula is C13H17FN2O2. The molecule has 0 bridgehead atoms. The lowest BCUT2D eigenvalue weighted by Crippen LogP contribution is -2.25. The van der Waals surface area contributed by atoms with E-state index in [4.69, 9.17) is 10.5 Å². The van der Waals surface area contributed by atoms with Gasteiger partial charge in [-0.25, -0.2) is 9.18 Å². The predicted molar refractivity (Wildman–Crippen MR) is 66.8 cm³/mol. The van der Waals surface area contributed by atoms with Crippen molar-refractivity contribution in [3.63, 3.8) is 0 Å². The molecule has 0 radical (unpaired) electrons. The highest BCUT2D eigenvalue weighted by molar-refractivity contribution is 5.90. The number of nitrogens with zero attached hydrogens (tertiary/aromatic N) is 1. The van der Waals surface area contributed by atoms with Crippen molar-refractivity contribution in [2.45, 2.75) is 12.8 Å². The first kappa shape index (κ1) is 12.8. The summed E-state index contributed by atoms with van der Waals surface area (Å²) in [5.41, 5.74) is 5.64. The van der Waals surface area contributed by atoms with Crippen LogP contribution in [0.1, 0.15) is 23.2 Å². The third-order valence-corrected chi connectivity index (χ3v) is 3.07. The van der Waals surface area contributed by atoms with E-state index in [1.807, 2.05) is 0 Å². The van der Waals surface area contributed by atoms with Crippen LogP contribution in [0.5, 0.6) is 0 Å². The molecule has 2 N–H and O–H groups in total. The average Bonchev–Trinajstić information content (AvgIpc) is 2.85. The van der Waals surface area contributed by atoms with E-state index in [-0.39, 0.29) is 11.3 Å². The van der Waals surface area contributed by atoms with Crippen LogP contribution in [0.4, 0.5) is 10.1 Å². The molecule has 0 spiro atoms. The summed E-state index contributed by atoms with van der Waals surface area (Å²) in [6, 6.07) is 3.85. The normalized spacial score (nSPS) is 15.8. The standard InChI is InChI=1S/C13H17FN2O2/c14-11-4-3-10(9-12(11)15)13(17)18-8-7-16-5-1-2-6-16/h3-4,9H,1-2,5-8,15H2. The quantitative estimate of drug-likeness (QED) is 0.654. The number of likely N-dealkylation sites (tertiary alicyclic amines) is 1. The Labute approximate surface area is 106 Å². The maximum Gasteiger partial charge on any atom is 0.338 e. The van der Waals surface area contributed by atoms with Crippen molar-refractivity contribution < 1.29 is 13.9 Å². The van der Waals surface area contributed by atoms with E-state index in [1.54, 1.807) is 0 Å². The molecule has 0 saturated carbocycles. The Balaban J connectivity index is 1.81. The summed E-state index contributed by atoms with van der Waals surface area (Å²) >= 11 is 0. The third kappa shape index (κ3) is 3.20. The van der Waals surface area contributed by atoms with Gasteiger partial charge in [-0.05, 0) is 44.1 Å². The largest absolute Gasteiger partial charge is 0.461 e. The molecule has 0 unspecified atom stereocenters. The van der Waals surface area contributed by atoms with Crippen LogP contribution in [0, 0.1) is 5.82 Å². The van der Waals surface area contributed by atoms with E-state index in [0.717, 1.165) is 19.6 Å². The average molecular weight is 252 g/mol. The predicted octanol–water partition coefficient (Wildman–Crippen LogP) is 1.66. The first-order valence-electron chi connectivity index (χ1n) is 6.11. The number of benzene rings is 1. The molecule has 0 aliphatic carbocycles. The number of rotatable bonds is 4. The molecule has 1 aliphatic rings. The van der Waals surface area contributed by atoms with Crippen molar-refractivity contribution in [1.29, 1.82) is 0 Å². The molecule has 2 rings (SSSR count). The molecule has 1 aromatic rings. The number of halogens is 1. The Bertz CT molecular complexity index is 431. The SMILES string of the molecule is Nc1cc(C(=O)OCCN2CCCC2)ccc1F. The van der Waals surface area contributed by atoms with Gasteiger partial charge in [0.05, 0.1) is 11.3 Å². The van der Waals surface area contributed by atoms with Crippen LogP contribution in [0.2, 0.25) is 0 Å². The van der Waals surface area contributed by atoms with Gasteiger partial charge < -0.3 is 10.5 Å². The Hall–Kier alpha value is -1.62. The number of hydrogen-bond donors (Lipinski definition) is 1. The summed E-state index contributed by atoms with van der Waals surface area (Å²) in [6.07, 6.45) is 2.42. The maximum atomic E-state index is 12.9. The number of nitrogen functional groups attached to an aromatic ring is 1. The van der Waals surface area contributed by atoms with Gasteiger partial charge >= 0.3 is 5.97 Å². The van der Waals surface area contributed by atoms with Crippen LogP contribution in [0.15, 0.2) is 18.2 Å². The molecule has 18 heavy (non-hydrogen) atoms. The second-order valence-electron chi connectivity index (χ2n) is 4.42. The summed E-state index contributed by atoms with van der Waals surface area (Å²) in [5.74, 6) is -0.982. The molecular weight excluding hydrogens is 235 g/mol. The van der Waals surface area contributed by atoms with Crippen LogP contribution in [0.3, 0.4) is 0 Å². The molecule has 1 heterocycles. The van der Waals surface area contributed by atoms with Gasteiger partial charge in [-0.1, -0.05) is 0 Å². The lowest BCUT2D eigenvalue weighted by molar-refractivity contribution is 0.0472. The number of hydrogen-bond acceptors (Lipinski definition) is 4. The summed E-state index contributed by atoms with van der Waals surface area (Å²) < 4.78 is 18.1. The number of anilines is 1. The Morgan fingerprint density at radius 1 is 1.39 bits per heavy atom. The minimum Gasteiger partial charge on any atom is -0.461 e. The van der Waals surface area contributed by atoms with Crippen LogP contribution >= 0.6 is 0 Å². The van der Waals surface area contributed by atoms with Gasteiger partial charge in [0, 0.05) is 6.54 Å². The highest BCUT2D eigenvalue weighted by Crippen LogP contribution is 2.13. The molecule has 0 atom stereocenters. The Morgan fingerprint density at radius 2 is 2.11 bits per heavy atom. The molecule has 4 nitrogen and oxygen atoms in total. The lowest BCUT2D eigenvalue weighted by Gasteiger charge is -2.14. The van der Waals surface area contributed by atoms with Gasteiger partial charge in [-0.3, -0.25) is 4.90 Å². The van der Waals surface area contributed by atoms with Crippen molar-refractivity contribution in [3.8, 4) is 0 Å². The second-order valence-corrected chi connectivity index (χ2v) is 4.42.